The van der Waals surface area contributed by atoms with Crippen LogP contribution in [0.25, 0.3) is 0 Å². The van der Waals surface area contributed by atoms with Gasteiger partial charge >= 0.3 is 8.80 Å². The minimum atomic E-state index is -2.56. The fourth-order valence-corrected chi connectivity index (χ4v) is 2.43. The molecule has 0 fully saturated rings. The molecule has 0 bridgehead atoms. The number of nitrogens with one attached hydrogen (secondary N) is 1. The van der Waals surface area contributed by atoms with Crippen LogP contribution in [0, 0.1) is 0 Å². The van der Waals surface area contributed by atoms with Gasteiger partial charge < -0.3 is 18.6 Å². The molecular weight excluding hydrogens is 214 g/mol. The summed E-state index contributed by atoms with van der Waals surface area (Å²) in [7, 11) is 0.520. The number of hydrogen-bond donors (Lipinski definition) is 1. The first kappa shape index (κ1) is 14.3. The van der Waals surface area contributed by atoms with Crippen LogP contribution in [0.1, 0.15) is 13.8 Å². The zero-order chi connectivity index (χ0) is 11.9. The molecule has 6 heteroatoms. The van der Waals surface area contributed by atoms with Crippen molar-refractivity contribution in [2.75, 3.05) is 21.0 Å². The average molecular weight is 233 g/mol. The Morgan fingerprint density at radius 3 is 2.27 bits per heavy atom. The highest BCUT2D eigenvalue weighted by atomic mass is 28.4. The monoisotopic (exact) mass is 233 g/mol. The Labute approximate surface area is 91.8 Å². The Kier molecular flexibility index (Phi) is 6.42. The zero-order valence-electron chi connectivity index (χ0n) is 9.75. The van der Waals surface area contributed by atoms with Crippen molar-refractivity contribution in [1.29, 1.82) is 0 Å². The quantitative estimate of drug-likeness (QED) is 0.403. The van der Waals surface area contributed by atoms with Crippen LogP contribution in [0.15, 0.2) is 12.2 Å². The van der Waals surface area contributed by atoms with Crippen LogP contribution < -0.4 is 5.32 Å². The molecule has 0 aromatic heterocycles. The first-order valence-electron chi connectivity index (χ1n) is 4.69. The minimum absolute atomic E-state index is 0.0768. The highest BCUT2D eigenvalue weighted by Crippen LogP contribution is 2.11. The molecule has 0 aliphatic rings. The van der Waals surface area contributed by atoms with E-state index in [1.807, 2.05) is 6.92 Å². The topological polar surface area (TPSA) is 56.8 Å². The lowest BCUT2D eigenvalue weighted by molar-refractivity contribution is -0.118. The van der Waals surface area contributed by atoms with Crippen LogP contribution in [0.2, 0.25) is 6.04 Å². The molecule has 0 aromatic rings. The van der Waals surface area contributed by atoms with E-state index in [9.17, 15) is 4.79 Å². The van der Waals surface area contributed by atoms with Crippen LogP contribution in [-0.2, 0) is 18.1 Å². The van der Waals surface area contributed by atoms with Gasteiger partial charge in [0.2, 0.25) is 5.91 Å². The second-order valence-electron chi connectivity index (χ2n) is 3.02. The lowest BCUT2D eigenvalue weighted by Gasteiger charge is -2.24. The van der Waals surface area contributed by atoms with Crippen molar-refractivity contribution in [3.05, 3.63) is 12.2 Å². The summed E-state index contributed by atoms with van der Waals surface area (Å²) in [5.41, 5.74) is 0.442. The molecule has 0 spiro atoms. The van der Waals surface area contributed by atoms with Crippen molar-refractivity contribution in [2.24, 2.45) is 0 Å². The van der Waals surface area contributed by atoms with E-state index in [1.54, 1.807) is 21.1 Å². The first-order chi connectivity index (χ1) is 7.01. The summed E-state index contributed by atoms with van der Waals surface area (Å²) in [5.74, 6) is -0.235. The number of amides is 1. The Hall–Kier alpha value is -0.693. The average Bonchev–Trinajstić information content (AvgIpc) is 2.24. The molecule has 0 saturated heterocycles. The summed E-state index contributed by atoms with van der Waals surface area (Å²) < 4.78 is 15.8. The number of hydrogen-bond acceptors (Lipinski definition) is 4. The smallest absolute Gasteiger partial charge is 0.377 e. The molecule has 5 nitrogen and oxygen atoms in total. The molecule has 0 unspecified atom stereocenters. The molecule has 0 aliphatic heterocycles. The maximum atomic E-state index is 11.1. The van der Waals surface area contributed by atoms with Crippen molar-refractivity contribution in [1.82, 2.24) is 5.32 Å². The van der Waals surface area contributed by atoms with Crippen molar-refractivity contribution >= 4 is 14.7 Å². The van der Waals surface area contributed by atoms with Crippen LogP contribution in [0.4, 0.5) is 0 Å². The summed E-state index contributed by atoms with van der Waals surface area (Å²) >= 11 is 0. The second kappa shape index (κ2) is 6.73. The molecule has 0 aromatic carbocycles. The van der Waals surface area contributed by atoms with E-state index in [0.717, 1.165) is 0 Å². The molecule has 1 amide bonds. The standard InChI is InChI=1S/C9H19NO4Si/c1-6-15(12-4,13-5)14-7-10-9(11)8(2)3/h2,6-7H2,1,3-5H3,(H,10,11). The lowest BCUT2D eigenvalue weighted by atomic mass is 10.3. The Bertz CT molecular complexity index is 220. The van der Waals surface area contributed by atoms with Gasteiger partial charge in [-0.1, -0.05) is 13.5 Å². The predicted octanol–water partition coefficient (Wildman–Crippen LogP) is 0.904. The molecule has 1 N–H and O–H groups in total. The zero-order valence-corrected chi connectivity index (χ0v) is 10.8. The fourth-order valence-electron chi connectivity index (χ4n) is 0.954. The third kappa shape index (κ3) is 4.56. The van der Waals surface area contributed by atoms with E-state index in [2.05, 4.69) is 11.9 Å². The molecule has 88 valence electrons. The Morgan fingerprint density at radius 2 is 1.93 bits per heavy atom. The molecule has 0 atom stereocenters. The number of carbonyl (C=O) groups is 1. The van der Waals surface area contributed by atoms with Gasteiger partial charge in [0.05, 0.1) is 0 Å². The highest BCUT2D eigenvalue weighted by Gasteiger charge is 2.36. The summed E-state index contributed by atoms with van der Waals surface area (Å²) in [6.45, 7) is 7.14. The highest BCUT2D eigenvalue weighted by molar-refractivity contribution is 6.60. The minimum Gasteiger partial charge on any atom is -0.377 e. The molecule has 0 radical (unpaired) electrons. The molecule has 0 heterocycles. The normalized spacial score (nSPS) is 11.2. The first-order valence-corrected chi connectivity index (χ1v) is 6.62. The maximum absolute atomic E-state index is 11.1. The molecule has 0 rings (SSSR count). The summed E-state index contributed by atoms with van der Waals surface area (Å²) in [4.78, 5) is 11.1. The molecule has 0 saturated carbocycles. The summed E-state index contributed by atoms with van der Waals surface area (Å²) in [6, 6.07) is 0.656. The van der Waals surface area contributed by atoms with E-state index in [4.69, 9.17) is 13.3 Å². The largest absolute Gasteiger partial charge is 0.501 e. The van der Waals surface area contributed by atoms with E-state index in [0.29, 0.717) is 11.6 Å². The van der Waals surface area contributed by atoms with Gasteiger partial charge in [-0.2, -0.15) is 0 Å². The SMILES string of the molecule is C=C(C)C(=O)NCO[Si](CC)(OC)OC. The van der Waals surface area contributed by atoms with Crippen molar-refractivity contribution in [2.45, 2.75) is 19.9 Å². The van der Waals surface area contributed by atoms with Crippen LogP contribution in [0.5, 0.6) is 0 Å². The van der Waals surface area contributed by atoms with Crippen LogP contribution in [0.3, 0.4) is 0 Å². The summed E-state index contributed by atoms with van der Waals surface area (Å²) in [6.07, 6.45) is 0. The second-order valence-corrected chi connectivity index (χ2v) is 6.20. The van der Waals surface area contributed by atoms with Gasteiger partial charge in [0.1, 0.15) is 6.73 Å². The van der Waals surface area contributed by atoms with Gasteiger partial charge in [-0.15, -0.1) is 0 Å². The third-order valence-corrected chi connectivity index (χ3v) is 4.66. The number of carbonyl (C=O) groups excluding carboxylic acids is 1. The van der Waals surface area contributed by atoms with Crippen LogP contribution >= 0.6 is 0 Å². The van der Waals surface area contributed by atoms with Crippen molar-refractivity contribution in [3.8, 4) is 0 Å². The summed E-state index contributed by atoms with van der Waals surface area (Å²) in [5, 5.41) is 2.55. The molecule has 15 heavy (non-hydrogen) atoms. The third-order valence-electron chi connectivity index (χ3n) is 1.97. The van der Waals surface area contributed by atoms with Gasteiger partial charge in [0.15, 0.2) is 0 Å². The fraction of sp³-hybridized carbons (Fsp3) is 0.667. The van der Waals surface area contributed by atoms with Gasteiger partial charge in [0, 0.05) is 25.8 Å². The van der Waals surface area contributed by atoms with Crippen molar-refractivity contribution in [3.63, 3.8) is 0 Å². The van der Waals surface area contributed by atoms with E-state index < -0.39 is 8.80 Å². The van der Waals surface area contributed by atoms with Crippen molar-refractivity contribution < 1.29 is 18.1 Å². The van der Waals surface area contributed by atoms with E-state index in [1.165, 1.54) is 0 Å². The maximum Gasteiger partial charge on any atom is 0.501 e. The molecular formula is C9H19NO4Si. The predicted molar refractivity (Wildman–Crippen MR) is 59.2 cm³/mol. The van der Waals surface area contributed by atoms with Gasteiger partial charge in [-0.25, -0.2) is 0 Å². The molecule has 0 aliphatic carbocycles. The Morgan fingerprint density at radius 1 is 1.40 bits per heavy atom. The van der Waals surface area contributed by atoms with Gasteiger partial charge in [-0.3, -0.25) is 4.79 Å². The van der Waals surface area contributed by atoms with E-state index in [-0.39, 0.29) is 12.6 Å². The number of rotatable bonds is 7. The Balaban J connectivity index is 4.02. The van der Waals surface area contributed by atoms with Crippen LogP contribution in [-0.4, -0.2) is 35.7 Å². The van der Waals surface area contributed by atoms with Gasteiger partial charge in [-0.05, 0) is 6.92 Å². The lowest BCUT2D eigenvalue weighted by Crippen LogP contribution is -2.46. The van der Waals surface area contributed by atoms with Gasteiger partial charge in [0.25, 0.3) is 0 Å². The van der Waals surface area contributed by atoms with E-state index >= 15 is 0 Å².